The third-order valence-corrected chi connectivity index (χ3v) is 3.42. The summed E-state index contributed by atoms with van der Waals surface area (Å²) in [6.07, 6.45) is 9.82. The maximum atomic E-state index is 4.34. The van der Waals surface area contributed by atoms with Gasteiger partial charge in [0.1, 0.15) is 6.33 Å². The number of unbranched alkanes of at least 4 members (excludes halogenated alkanes) is 1. The van der Waals surface area contributed by atoms with Crippen LogP contribution in [0.4, 0.5) is 0 Å². The third-order valence-electron chi connectivity index (χ3n) is 3.42. The molecular weight excluding hydrogens is 210 g/mol. The van der Waals surface area contributed by atoms with Crippen LogP contribution in [0.1, 0.15) is 57.7 Å². The van der Waals surface area contributed by atoms with Crippen LogP contribution >= 0.6 is 0 Å². The normalized spacial score (nSPS) is 14.5. The predicted molar refractivity (Wildman–Crippen MR) is 71.8 cm³/mol. The van der Waals surface area contributed by atoms with Gasteiger partial charge in [0.25, 0.3) is 0 Å². The quantitative estimate of drug-likeness (QED) is 0.751. The van der Waals surface area contributed by atoms with Gasteiger partial charge in [-0.1, -0.05) is 39.5 Å². The van der Waals surface area contributed by atoms with Crippen LogP contribution in [0, 0.1) is 5.92 Å². The summed E-state index contributed by atoms with van der Waals surface area (Å²) in [5.74, 6) is 0.794. The van der Waals surface area contributed by atoms with E-state index in [1.165, 1.54) is 32.1 Å². The summed E-state index contributed by atoms with van der Waals surface area (Å²) in [6, 6.07) is 2.37. The first-order chi connectivity index (χ1) is 8.31. The molecule has 17 heavy (non-hydrogen) atoms. The molecule has 0 aliphatic carbocycles. The molecule has 0 fully saturated rings. The molecular formula is C14H25N3. The average molecular weight is 235 g/mol. The molecule has 2 unspecified atom stereocenters. The molecule has 3 nitrogen and oxygen atoms in total. The van der Waals surface area contributed by atoms with Gasteiger partial charge in [-0.05, 0) is 25.5 Å². The van der Waals surface area contributed by atoms with E-state index in [0.717, 1.165) is 11.6 Å². The van der Waals surface area contributed by atoms with E-state index in [2.05, 4.69) is 29.1 Å². The van der Waals surface area contributed by atoms with E-state index in [-0.39, 0.29) is 0 Å². The molecule has 2 atom stereocenters. The van der Waals surface area contributed by atoms with Crippen LogP contribution in [0.25, 0.3) is 0 Å². The third kappa shape index (κ3) is 4.82. The molecule has 0 aromatic carbocycles. The van der Waals surface area contributed by atoms with Gasteiger partial charge in [0.15, 0.2) is 0 Å². The Morgan fingerprint density at radius 2 is 2.18 bits per heavy atom. The van der Waals surface area contributed by atoms with Crippen molar-refractivity contribution in [3.05, 3.63) is 24.3 Å². The Balaban J connectivity index is 2.56. The summed E-state index contributed by atoms with van der Waals surface area (Å²) in [4.78, 5) is 8.32. The first-order valence-corrected chi connectivity index (χ1v) is 6.74. The zero-order valence-electron chi connectivity index (χ0n) is 11.3. The highest BCUT2D eigenvalue weighted by Gasteiger charge is 2.16. The summed E-state index contributed by atoms with van der Waals surface area (Å²) in [5, 5.41) is 3.37. The molecule has 0 saturated heterocycles. The Kier molecular flexibility index (Phi) is 6.78. The van der Waals surface area contributed by atoms with E-state index >= 15 is 0 Å². The number of nitrogens with one attached hydrogen (secondary N) is 1. The molecule has 1 aromatic heterocycles. The largest absolute Gasteiger partial charge is 0.312 e. The molecule has 1 heterocycles. The minimum Gasteiger partial charge on any atom is -0.312 e. The van der Waals surface area contributed by atoms with Crippen LogP contribution in [0.2, 0.25) is 0 Å². The maximum Gasteiger partial charge on any atom is 0.115 e. The van der Waals surface area contributed by atoms with E-state index in [0.29, 0.717) is 6.04 Å². The SMILES string of the molecule is CCCCC(CC)CC(NC)c1ccncn1. The zero-order chi connectivity index (χ0) is 12.5. The molecule has 0 aliphatic heterocycles. The second-order valence-electron chi connectivity index (χ2n) is 4.63. The molecule has 0 spiro atoms. The highest BCUT2D eigenvalue weighted by molar-refractivity contribution is 5.04. The highest BCUT2D eigenvalue weighted by atomic mass is 14.9. The second kappa shape index (κ2) is 8.18. The van der Waals surface area contributed by atoms with Gasteiger partial charge in [0.05, 0.1) is 5.69 Å². The highest BCUT2D eigenvalue weighted by Crippen LogP contribution is 2.25. The topological polar surface area (TPSA) is 37.8 Å². The number of hydrogen-bond acceptors (Lipinski definition) is 3. The standard InChI is InChI=1S/C14H25N3/c1-4-6-7-12(5-2)10-14(15-3)13-8-9-16-11-17-13/h8-9,11-12,14-15H,4-7,10H2,1-3H3. The summed E-state index contributed by atoms with van der Waals surface area (Å²) >= 11 is 0. The van der Waals surface area contributed by atoms with Crippen molar-refractivity contribution in [3.8, 4) is 0 Å². The molecule has 0 bridgehead atoms. The molecule has 96 valence electrons. The van der Waals surface area contributed by atoms with E-state index in [9.17, 15) is 0 Å². The minimum absolute atomic E-state index is 0.361. The van der Waals surface area contributed by atoms with Gasteiger partial charge in [-0.15, -0.1) is 0 Å². The van der Waals surface area contributed by atoms with Crippen LogP contribution in [-0.4, -0.2) is 17.0 Å². The Hall–Kier alpha value is -0.960. The van der Waals surface area contributed by atoms with Gasteiger partial charge in [0.2, 0.25) is 0 Å². The van der Waals surface area contributed by atoms with Gasteiger partial charge in [0, 0.05) is 12.2 Å². The lowest BCUT2D eigenvalue weighted by molar-refractivity contribution is 0.361. The number of nitrogens with zero attached hydrogens (tertiary/aromatic N) is 2. The first kappa shape index (κ1) is 14.1. The summed E-state index contributed by atoms with van der Waals surface area (Å²) in [6.45, 7) is 4.54. The Morgan fingerprint density at radius 3 is 2.71 bits per heavy atom. The Bertz CT molecular complexity index is 287. The van der Waals surface area contributed by atoms with Crippen molar-refractivity contribution >= 4 is 0 Å². The van der Waals surface area contributed by atoms with Crippen molar-refractivity contribution in [2.24, 2.45) is 5.92 Å². The molecule has 3 heteroatoms. The number of hydrogen-bond donors (Lipinski definition) is 1. The van der Waals surface area contributed by atoms with E-state index < -0.39 is 0 Å². The number of aromatic nitrogens is 2. The smallest absolute Gasteiger partial charge is 0.115 e. The fraction of sp³-hybridized carbons (Fsp3) is 0.714. The maximum absolute atomic E-state index is 4.34. The van der Waals surface area contributed by atoms with Crippen molar-refractivity contribution in [2.75, 3.05) is 7.05 Å². The lowest BCUT2D eigenvalue weighted by Crippen LogP contribution is -2.21. The second-order valence-corrected chi connectivity index (χ2v) is 4.63. The summed E-state index contributed by atoms with van der Waals surface area (Å²) in [7, 11) is 2.01. The van der Waals surface area contributed by atoms with Gasteiger partial charge in [-0.25, -0.2) is 9.97 Å². The van der Waals surface area contributed by atoms with Crippen LogP contribution in [-0.2, 0) is 0 Å². The monoisotopic (exact) mass is 235 g/mol. The Morgan fingerprint density at radius 1 is 1.35 bits per heavy atom. The van der Waals surface area contributed by atoms with E-state index in [1.807, 2.05) is 19.3 Å². The summed E-state index contributed by atoms with van der Waals surface area (Å²) < 4.78 is 0. The van der Waals surface area contributed by atoms with Crippen LogP contribution < -0.4 is 5.32 Å². The summed E-state index contributed by atoms with van der Waals surface area (Å²) in [5.41, 5.74) is 1.11. The predicted octanol–water partition coefficient (Wildman–Crippen LogP) is 3.34. The zero-order valence-corrected chi connectivity index (χ0v) is 11.3. The molecule has 0 aliphatic rings. The fourth-order valence-electron chi connectivity index (χ4n) is 2.21. The average Bonchev–Trinajstić information content (AvgIpc) is 2.40. The fourth-order valence-corrected chi connectivity index (χ4v) is 2.21. The minimum atomic E-state index is 0.361. The van der Waals surface area contributed by atoms with Gasteiger partial charge in [-0.2, -0.15) is 0 Å². The molecule has 1 rings (SSSR count). The molecule has 0 radical (unpaired) electrons. The van der Waals surface area contributed by atoms with Gasteiger partial charge < -0.3 is 5.32 Å². The van der Waals surface area contributed by atoms with Crippen molar-refractivity contribution in [1.82, 2.24) is 15.3 Å². The van der Waals surface area contributed by atoms with Crippen LogP contribution in [0.5, 0.6) is 0 Å². The van der Waals surface area contributed by atoms with Crippen molar-refractivity contribution < 1.29 is 0 Å². The molecule has 0 amide bonds. The lowest BCUT2D eigenvalue weighted by Gasteiger charge is -2.21. The first-order valence-electron chi connectivity index (χ1n) is 6.74. The Labute approximate surface area is 105 Å². The molecule has 0 saturated carbocycles. The van der Waals surface area contributed by atoms with Crippen LogP contribution in [0.3, 0.4) is 0 Å². The molecule has 1 aromatic rings. The lowest BCUT2D eigenvalue weighted by atomic mass is 9.91. The van der Waals surface area contributed by atoms with Gasteiger partial charge >= 0.3 is 0 Å². The van der Waals surface area contributed by atoms with Gasteiger partial charge in [-0.3, -0.25) is 0 Å². The van der Waals surface area contributed by atoms with Crippen molar-refractivity contribution in [1.29, 1.82) is 0 Å². The van der Waals surface area contributed by atoms with E-state index in [4.69, 9.17) is 0 Å². The van der Waals surface area contributed by atoms with Crippen molar-refractivity contribution in [3.63, 3.8) is 0 Å². The van der Waals surface area contributed by atoms with E-state index in [1.54, 1.807) is 6.33 Å². The number of rotatable bonds is 8. The molecule has 1 N–H and O–H groups in total. The van der Waals surface area contributed by atoms with Crippen molar-refractivity contribution in [2.45, 2.75) is 52.0 Å². The van der Waals surface area contributed by atoms with Crippen LogP contribution in [0.15, 0.2) is 18.6 Å².